The molecule has 2 heterocycles. The van der Waals surface area contributed by atoms with E-state index in [2.05, 4.69) is 10.1 Å². The average Bonchev–Trinajstić information content (AvgIpc) is 2.98. The topological polar surface area (TPSA) is 86.8 Å². The number of aromatic hydroxyl groups is 1. The first-order valence-electron chi connectivity index (χ1n) is 6.18. The van der Waals surface area contributed by atoms with Crippen molar-refractivity contribution in [2.24, 2.45) is 0 Å². The number of hydrogen-bond donors (Lipinski definition) is 1. The highest BCUT2D eigenvalue weighted by atomic mass is 16.6. The zero-order valence-corrected chi connectivity index (χ0v) is 10.9. The van der Waals surface area contributed by atoms with Gasteiger partial charge < -0.3 is 23.8 Å². The lowest BCUT2D eigenvalue weighted by Crippen LogP contribution is -2.22. The Kier molecular flexibility index (Phi) is 3.53. The molecule has 1 aliphatic heterocycles. The molecule has 2 aromatic rings. The number of nitrogens with zero attached hydrogens (tertiary/aromatic N) is 2. The lowest BCUT2D eigenvalue weighted by atomic mass is 10.2. The molecule has 20 heavy (non-hydrogen) atoms. The second kappa shape index (κ2) is 5.48. The SMILES string of the molecule is COc1cc(-c2nc(C3COCCO3)no2)ccc1O. The van der Waals surface area contributed by atoms with Crippen molar-refractivity contribution in [3.63, 3.8) is 0 Å². The summed E-state index contributed by atoms with van der Waals surface area (Å²) in [6.07, 6.45) is -0.305. The number of benzene rings is 1. The third-order valence-electron chi connectivity index (χ3n) is 2.97. The van der Waals surface area contributed by atoms with Crippen LogP contribution in [0.1, 0.15) is 11.9 Å². The minimum absolute atomic E-state index is 0.0556. The van der Waals surface area contributed by atoms with Gasteiger partial charge in [0.05, 0.1) is 26.9 Å². The van der Waals surface area contributed by atoms with Gasteiger partial charge in [-0.15, -0.1) is 0 Å². The second-order valence-corrected chi connectivity index (χ2v) is 4.28. The van der Waals surface area contributed by atoms with Crippen LogP contribution in [-0.4, -0.2) is 42.2 Å². The molecule has 1 aromatic heterocycles. The highest BCUT2D eigenvalue weighted by molar-refractivity contribution is 5.59. The van der Waals surface area contributed by atoms with Crippen LogP contribution in [0.5, 0.6) is 11.5 Å². The molecular formula is C13H14N2O5. The first-order chi connectivity index (χ1) is 9.78. The maximum absolute atomic E-state index is 9.56. The van der Waals surface area contributed by atoms with Crippen molar-refractivity contribution in [3.8, 4) is 23.0 Å². The quantitative estimate of drug-likeness (QED) is 0.911. The van der Waals surface area contributed by atoms with E-state index in [1.54, 1.807) is 12.1 Å². The standard InChI is InChI=1S/C13H14N2O5/c1-17-10-6-8(2-3-9(10)16)13-14-12(15-20-13)11-7-18-4-5-19-11/h2-3,6,11,16H,4-5,7H2,1H3. The van der Waals surface area contributed by atoms with Gasteiger partial charge in [-0.25, -0.2) is 0 Å². The summed E-state index contributed by atoms with van der Waals surface area (Å²) >= 11 is 0. The Hall–Kier alpha value is -2.12. The van der Waals surface area contributed by atoms with Gasteiger partial charge in [-0.05, 0) is 18.2 Å². The number of phenols is 1. The van der Waals surface area contributed by atoms with Gasteiger partial charge in [-0.1, -0.05) is 5.16 Å². The van der Waals surface area contributed by atoms with E-state index in [-0.39, 0.29) is 11.9 Å². The van der Waals surface area contributed by atoms with E-state index in [0.717, 1.165) is 0 Å². The van der Waals surface area contributed by atoms with Crippen molar-refractivity contribution in [2.45, 2.75) is 6.10 Å². The molecule has 0 radical (unpaired) electrons. The van der Waals surface area contributed by atoms with E-state index >= 15 is 0 Å². The van der Waals surface area contributed by atoms with Crippen LogP contribution in [-0.2, 0) is 9.47 Å². The lowest BCUT2D eigenvalue weighted by molar-refractivity contribution is -0.0941. The van der Waals surface area contributed by atoms with Gasteiger partial charge in [0.1, 0.15) is 6.10 Å². The van der Waals surface area contributed by atoms with Crippen LogP contribution in [0.3, 0.4) is 0 Å². The minimum atomic E-state index is -0.305. The van der Waals surface area contributed by atoms with E-state index in [4.69, 9.17) is 18.7 Å². The summed E-state index contributed by atoms with van der Waals surface area (Å²) in [5, 5.41) is 13.5. The molecule has 7 nitrogen and oxygen atoms in total. The number of methoxy groups -OCH3 is 1. The Morgan fingerprint density at radius 1 is 1.35 bits per heavy atom. The number of ether oxygens (including phenoxy) is 3. The number of rotatable bonds is 3. The maximum atomic E-state index is 9.56. The number of hydrogen-bond acceptors (Lipinski definition) is 7. The summed E-state index contributed by atoms with van der Waals surface area (Å²) in [6.45, 7) is 1.51. The Morgan fingerprint density at radius 3 is 3.00 bits per heavy atom. The van der Waals surface area contributed by atoms with Gasteiger partial charge in [0.15, 0.2) is 11.5 Å². The van der Waals surface area contributed by atoms with Crippen LogP contribution in [0.15, 0.2) is 22.7 Å². The third-order valence-corrected chi connectivity index (χ3v) is 2.97. The molecule has 1 unspecified atom stereocenters. The molecule has 1 N–H and O–H groups in total. The third kappa shape index (κ3) is 2.45. The maximum Gasteiger partial charge on any atom is 0.258 e. The van der Waals surface area contributed by atoms with Gasteiger partial charge in [0, 0.05) is 5.56 Å². The summed E-state index contributed by atoms with van der Waals surface area (Å²) in [5.41, 5.74) is 0.662. The van der Waals surface area contributed by atoms with E-state index in [1.807, 2.05) is 0 Å². The average molecular weight is 278 g/mol. The Bertz CT molecular complexity index is 592. The fraction of sp³-hybridized carbons (Fsp3) is 0.385. The summed E-state index contributed by atoms with van der Waals surface area (Å²) in [5.74, 6) is 1.19. The molecule has 106 valence electrons. The Morgan fingerprint density at radius 2 is 2.25 bits per heavy atom. The van der Waals surface area contributed by atoms with Crippen molar-refractivity contribution in [3.05, 3.63) is 24.0 Å². The molecule has 0 spiro atoms. The lowest BCUT2D eigenvalue weighted by Gasteiger charge is -2.19. The normalized spacial score (nSPS) is 18.9. The summed E-state index contributed by atoms with van der Waals surface area (Å²) < 4.78 is 21.1. The highest BCUT2D eigenvalue weighted by Gasteiger charge is 2.23. The fourth-order valence-electron chi connectivity index (χ4n) is 1.93. The zero-order chi connectivity index (χ0) is 13.9. The van der Waals surface area contributed by atoms with Gasteiger partial charge >= 0.3 is 0 Å². The molecule has 1 saturated heterocycles. The van der Waals surface area contributed by atoms with Crippen molar-refractivity contribution in [1.82, 2.24) is 10.1 Å². The molecule has 1 aliphatic rings. The molecule has 0 aliphatic carbocycles. The number of phenolic OH excluding ortho intramolecular Hbond substituents is 1. The van der Waals surface area contributed by atoms with Gasteiger partial charge in [0.25, 0.3) is 5.89 Å². The van der Waals surface area contributed by atoms with Crippen molar-refractivity contribution >= 4 is 0 Å². The fourth-order valence-corrected chi connectivity index (χ4v) is 1.93. The Balaban J connectivity index is 1.85. The van der Waals surface area contributed by atoms with Crippen LogP contribution < -0.4 is 4.74 Å². The summed E-state index contributed by atoms with van der Waals surface area (Å²) in [4.78, 5) is 4.29. The smallest absolute Gasteiger partial charge is 0.258 e. The molecule has 0 saturated carbocycles. The van der Waals surface area contributed by atoms with Crippen LogP contribution >= 0.6 is 0 Å². The van der Waals surface area contributed by atoms with E-state index in [0.29, 0.717) is 42.8 Å². The van der Waals surface area contributed by atoms with Crippen LogP contribution in [0, 0.1) is 0 Å². The molecule has 7 heteroatoms. The van der Waals surface area contributed by atoms with E-state index in [1.165, 1.54) is 13.2 Å². The predicted molar refractivity (Wildman–Crippen MR) is 67.5 cm³/mol. The number of aromatic nitrogens is 2. The van der Waals surface area contributed by atoms with E-state index < -0.39 is 0 Å². The monoisotopic (exact) mass is 278 g/mol. The van der Waals surface area contributed by atoms with Crippen molar-refractivity contribution in [1.29, 1.82) is 0 Å². The molecule has 1 fully saturated rings. The molecule has 1 atom stereocenters. The van der Waals surface area contributed by atoms with Gasteiger partial charge in [-0.3, -0.25) is 0 Å². The largest absolute Gasteiger partial charge is 0.504 e. The predicted octanol–water partition coefficient (Wildman–Crippen LogP) is 1.54. The van der Waals surface area contributed by atoms with Crippen molar-refractivity contribution in [2.75, 3.05) is 26.9 Å². The summed E-state index contributed by atoms with van der Waals surface area (Å²) in [6, 6.07) is 4.82. The molecule has 0 bridgehead atoms. The molecular weight excluding hydrogens is 264 g/mol. The van der Waals surface area contributed by atoms with Crippen LogP contribution in [0.4, 0.5) is 0 Å². The summed E-state index contributed by atoms with van der Waals surface area (Å²) in [7, 11) is 1.48. The van der Waals surface area contributed by atoms with E-state index in [9.17, 15) is 5.11 Å². The molecule has 1 aromatic carbocycles. The van der Waals surface area contributed by atoms with Gasteiger partial charge in [0.2, 0.25) is 5.82 Å². The molecule has 0 amide bonds. The highest BCUT2D eigenvalue weighted by Crippen LogP contribution is 2.31. The Labute approximate surface area is 115 Å². The van der Waals surface area contributed by atoms with Gasteiger partial charge in [-0.2, -0.15) is 4.98 Å². The minimum Gasteiger partial charge on any atom is -0.504 e. The molecule has 3 rings (SSSR count). The van der Waals surface area contributed by atoms with Crippen molar-refractivity contribution < 1.29 is 23.8 Å². The first-order valence-corrected chi connectivity index (χ1v) is 6.18. The zero-order valence-electron chi connectivity index (χ0n) is 10.9. The van der Waals surface area contributed by atoms with Crippen LogP contribution in [0.25, 0.3) is 11.5 Å². The van der Waals surface area contributed by atoms with Crippen LogP contribution in [0.2, 0.25) is 0 Å². The second-order valence-electron chi connectivity index (χ2n) is 4.28. The first kappa shape index (κ1) is 12.9.